The van der Waals surface area contributed by atoms with Gasteiger partial charge in [-0.15, -0.1) is 0 Å². The van der Waals surface area contributed by atoms with Gasteiger partial charge in [-0.2, -0.15) is 13.2 Å². The van der Waals surface area contributed by atoms with Gasteiger partial charge in [0, 0.05) is 5.56 Å². The summed E-state index contributed by atoms with van der Waals surface area (Å²) in [7, 11) is 0. The van der Waals surface area contributed by atoms with E-state index < -0.39 is 17.8 Å². The molecule has 0 fully saturated rings. The van der Waals surface area contributed by atoms with Gasteiger partial charge in [-0.05, 0) is 30.3 Å². The zero-order valence-electron chi connectivity index (χ0n) is 15.9. The Morgan fingerprint density at radius 3 is 2.45 bits per heavy atom. The number of nitrogens with two attached hydrogens (primary N) is 1. The van der Waals surface area contributed by atoms with Gasteiger partial charge < -0.3 is 15.5 Å². The average Bonchev–Trinajstić information content (AvgIpc) is 3.26. The summed E-state index contributed by atoms with van der Waals surface area (Å²) in [6.45, 7) is 0.00462. The number of carbonyl (C=O) groups is 1. The van der Waals surface area contributed by atoms with Crippen molar-refractivity contribution in [3.8, 4) is 0 Å². The molecule has 31 heavy (non-hydrogen) atoms. The molecule has 0 spiro atoms. The van der Waals surface area contributed by atoms with Crippen LogP contribution in [0.4, 0.5) is 18.9 Å². The summed E-state index contributed by atoms with van der Waals surface area (Å²) in [5.41, 5.74) is 5.21. The first-order chi connectivity index (χ1) is 14.7. The summed E-state index contributed by atoms with van der Waals surface area (Å²) in [6.07, 6.45) is -1.03. The topological polar surface area (TPSA) is 93.4 Å². The number of hydrogen-bond donors (Lipinski definition) is 2. The van der Waals surface area contributed by atoms with E-state index in [1.807, 2.05) is 0 Å². The number of nitrogens with one attached hydrogen (secondary N) is 1. The maximum atomic E-state index is 13.0. The number of H-pyrrole nitrogens is 1. The molecule has 1 heterocycles. The smallest absolute Gasteiger partial charge is 0.430 e. The molecule has 3 rings (SSSR count). The Labute approximate surface area is 180 Å². The highest BCUT2D eigenvalue weighted by atomic mass is 35.5. The van der Waals surface area contributed by atoms with Crippen LogP contribution in [-0.4, -0.2) is 27.8 Å². The van der Waals surface area contributed by atoms with Crippen LogP contribution in [-0.2, 0) is 11.3 Å². The molecule has 0 amide bonds. The van der Waals surface area contributed by atoms with Gasteiger partial charge in [-0.1, -0.05) is 35.9 Å². The molecule has 0 aliphatic carbocycles. The lowest BCUT2D eigenvalue weighted by Crippen LogP contribution is -2.21. The molecule has 0 atom stereocenters. The predicted molar refractivity (Wildman–Crippen MR) is 110 cm³/mol. The summed E-state index contributed by atoms with van der Waals surface area (Å²) < 4.78 is 44.1. The number of allylic oxidation sites excluding steroid dienone is 2. The average molecular weight is 449 g/mol. The molecule has 3 aromatic rings. The summed E-state index contributed by atoms with van der Waals surface area (Å²) in [5, 5.41) is 0.262. The van der Waals surface area contributed by atoms with Gasteiger partial charge in [-0.25, -0.2) is 14.8 Å². The molecular weight excluding hydrogens is 433 g/mol. The van der Waals surface area contributed by atoms with Crippen LogP contribution < -0.4 is 5.73 Å². The van der Waals surface area contributed by atoms with Crippen molar-refractivity contribution in [2.24, 2.45) is 10.7 Å². The Bertz CT molecular complexity index is 1110. The van der Waals surface area contributed by atoms with Crippen molar-refractivity contribution in [1.29, 1.82) is 0 Å². The number of nitrogens with zero attached hydrogens (tertiary/aromatic N) is 2. The molecule has 0 saturated carbocycles. The molecule has 1 aromatic heterocycles. The fraction of sp³-hybridized carbons (Fsp3) is 0.0952. The Morgan fingerprint density at radius 1 is 1.16 bits per heavy atom. The van der Waals surface area contributed by atoms with Crippen LogP contribution >= 0.6 is 11.6 Å². The number of aliphatic imine (C=N–C) groups is 1. The highest BCUT2D eigenvalue weighted by Crippen LogP contribution is 2.27. The number of carbonyl (C=O) groups excluding carboxylic acids is 1. The van der Waals surface area contributed by atoms with E-state index in [9.17, 15) is 18.0 Å². The Balaban J connectivity index is 1.88. The standard InChI is InChI=1S/C21H16ClF3N4O2/c22-16-3-1-2-4-17(16)29-18(9-19(26)21(23,24)25)13-5-7-14(8-6-13)20(30)31-11-15-10-27-12-28-15/h1-10,12H,11,26H2,(H,27,28)/b19-9-,29-18?. The van der Waals surface area contributed by atoms with Crippen LogP contribution in [0.3, 0.4) is 0 Å². The van der Waals surface area contributed by atoms with Gasteiger partial charge in [-0.3, -0.25) is 0 Å². The molecule has 0 unspecified atom stereocenters. The molecule has 0 radical (unpaired) electrons. The van der Waals surface area contributed by atoms with Crippen LogP contribution in [0, 0.1) is 0 Å². The number of aromatic nitrogens is 2. The minimum absolute atomic E-state index is 0.00462. The number of benzene rings is 2. The largest absolute Gasteiger partial charge is 0.456 e. The lowest BCUT2D eigenvalue weighted by atomic mass is 10.1. The van der Waals surface area contributed by atoms with Crippen LogP contribution in [0.15, 0.2) is 77.8 Å². The quantitative estimate of drug-likeness (QED) is 0.412. The van der Waals surface area contributed by atoms with E-state index in [-0.39, 0.29) is 28.6 Å². The van der Waals surface area contributed by atoms with E-state index in [4.69, 9.17) is 22.1 Å². The van der Waals surface area contributed by atoms with Gasteiger partial charge >= 0.3 is 12.1 Å². The third-order valence-corrected chi connectivity index (χ3v) is 4.36. The first kappa shape index (κ1) is 22.1. The van der Waals surface area contributed by atoms with Gasteiger partial charge in [0.05, 0.1) is 40.2 Å². The Morgan fingerprint density at radius 2 is 1.84 bits per heavy atom. The van der Waals surface area contributed by atoms with E-state index >= 15 is 0 Å². The van der Waals surface area contributed by atoms with Crippen LogP contribution in [0.2, 0.25) is 5.02 Å². The summed E-state index contributed by atoms with van der Waals surface area (Å²) >= 11 is 6.08. The summed E-state index contributed by atoms with van der Waals surface area (Å²) in [6, 6.07) is 12.2. The van der Waals surface area contributed by atoms with E-state index in [1.54, 1.807) is 24.3 Å². The second-order valence-electron chi connectivity index (χ2n) is 6.28. The van der Waals surface area contributed by atoms with Crippen molar-refractivity contribution in [2.45, 2.75) is 12.8 Å². The SMILES string of the molecule is N/C(=C\C(=Nc1ccccc1Cl)c1ccc(C(=O)OCc2cnc[nH]2)cc1)C(F)(F)F. The molecule has 10 heteroatoms. The first-order valence-corrected chi connectivity index (χ1v) is 9.24. The molecular formula is C21H16ClF3N4O2. The number of para-hydroxylation sites is 1. The molecule has 0 aliphatic heterocycles. The molecule has 3 N–H and O–H groups in total. The van der Waals surface area contributed by atoms with Crippen molar-refractivity contribution >= 4 is 29.0 Å². The van der Waals surface area contributed by atoms with E-state index in [1.165, 1.54) is 36.8 Å². The number of ether oxygens (including phenoxy) is 1. The van der Waals surface area contributed by atoms with Gasteiger partial charge in [0.15, 0.2) is 0 Å². The van der Waals surface area contributed by atoms with Crippen LogP contribution in [0.5, 0.6) is 0 Å². The normalized spacial score (nSPS) is 12.6. The number of aromatic amines is 1. The molecule has 6 nitrogen and oxygen atoms in total. The molecule has 2 aromatic carbocycles. The fourth-order valence-electron chi connectivity index (χ4n) is 2.45. The van der Waals surface area contributed by atoms with Gasteiger partial charge in [0.1, 0.15) is 12.3 Å². The molecule has 160 valence electrons. The number of rotatable bonds is 6. The fourth-order valence-corrected chi connectivity index (χ4v) is 2.63. The summed E-state index contributed by atoms with van der Waals surface area (Å²) in [5.74, 6) is -0.601. The van der Waals surface area contributed by atoms with Crippen molar-refractivity contribution < 1.29 is 22.7 Å². The number of hydrogen-bond acceptors (Lipinski definition) is 5. The lowest BCUT2D eigenvalue weighted by Gasteiger charge is -2.10. The van der Waals surface area contributed by atoms with Gasteiger partial charge in [0.25, 0.3) is 0 Å². The Kier molecular flexibility index (Phi) is 6.76. The number of imidazole rings is 1. The van der Waals surface area contributed by atoms with Crippen LogP contribution in [0.25, 0.3) is 0 Å². The third-order valence-electron chi connectivity index (χ3n) is 4.04. The van der Waals surface area contributed by atoms with Crippen molar-refractivity contribution in [3.63, 3.8) is 0 Å². The second-order valence-corrected chi connectivity index (χ2v) is 6.68. The lowest BCUT2D eigenvalue weighted by molar-refractivity contribution is -0.0925. The van der Waals surface area contributed by atoms with E-state index in [2.05, 4.69) is 15.0 Å². The highest BCUT2D eigenvalue weighted by molar-refractivity contribution is 6.33. The zero-order valence-corrected chi connectivity index (χ0v) is 16.6. The monoisotopic (exact) mass is 448 g/mol. The third kappa shape index (κ3) is 5.95. The van der Waals surface area contributed by atoms with Crippen LogP contribution in [0.1, 0.15) is 21.6 Å². The Hall–Kier alpha value is -3.59. The first-order valence-electron chi connectivity index (χ1n) is 8.86. The molecule has 0 bridgehead atoms. The van der Waals surface area contributed by atoms with Crippen molar-refractivity contribution in [3.05, 3.63) is 94.7 Å². The highest BCUT2D eigenvalue weighted by Gasteiger charge is 2.31. The van der Waals surface area contributed by atoms with Gasteiger partial charge in [0.2, 0.25) is 0 Å². The number of halogens is 4. The number of alkyl halides is 3. The number of esters is 1. The minimum atomic E-state index is -4.72. The maximum Gasteiger partial charge on any atom is 0.430 e. The minimum Gasteiger partial charge on any atom is -0.456 e. The predicted octanol–water partition coefficient (Wildman–Crippen LogP) is 4.95. The summed E-state index contributed by atoms with van der Waals surface area (Å²) in [4.78, 5) is 23.0. The van der Waals surface area contributed by atoms with E-state index in [0.717, 1.165) is 6.08 Å². The molecule has 0 saturated heterocycles. The van der Waals surface area contributed by atoms with Crippen molar-refractivity contribution in [1.82, 2.24) is 9.97 Å². The van der Waals surface area contributed by atoms with Crippen molar-refractivity contribution in [2.75, 3.05) is 0 Å². The zero-order chi connectivity index (χ0) is 22.4. The maximum absolute atomic E-state index is 13.0. The molecule has 0 aliphatic rings. The second kappa shape index (κ2) is 9.48. The van der Waals surface area contributed by atoms with E-state index in [0.29, 0.717) is 11.3 Å².